The van der Waals surface area contributed by atoms with Crippen molar-refractivity contribution in [2.24, 2.45) is 5.73 Å². The maximum atomic E-state index is 6.20. The van der Waals surface area contributed by atoms with Crippen molar-refractivity contribution in [1.29, 1.82) is 0 Å². The molecule has 2 aliphatic rings. The minimum atomic E-state index is 0.207. The number of hydrogen-bond acceptors (Lipinski definition) is 3. The van der Waals surface area contributed by atoms with Gasteiger partial charge in [0, 0.05) is 30.7 Å². The lowest BCUT2D eigenvalue weighted by Crippen LogP contribution is -2.55. The summed E-state index contributed by atoms with van der Waals surface area (Å²) >= 11 is 0. The van der Waals surface area contributed by atoms with Gasteiger partial charge in [-0.3, -0.25) is 0 Å². The van der Waals surface area contributed by atoms with Gasteiger partial charge < -0.3 is 16.0 Å². The number of nitrogens with one attached hydrogen (secondary N) is 1. The van der Waals surface area contributed by atoms with Gasteiger partial charge in [-0.15, -0.1) is 0 Å². The van der Waals surface area contributed by atoms with E-state index in [-0.39, 0.29) is 5.54 Å². The van der Waals surface area contributed by atoms with Crippen molar-refractivity contribution in [3.8, 4) is 0 Å². The molecule has 2 fully saturated rings. The zero-order valence-corrected chi connectivity index (χ0v) is 13.7. The van der Waals surface area contributed by atoms with Crippen molar-refractivity contribution in [3.63, 3.8) is 0 Å². The first-order chi connectivity index (χ1) is 9.65. The molecule has 0 aromatic carbocycles. The summed E-state index contributed by atoms with van der Waals surface area (Å²) < 4.78 is 0. The fourth-order valence-corrected chi connectivity index (χ4v) is 4.00. The van der Waals surface area contributed by atoms with Gasteiger partial charge in [0.05, 0.1) is 0 Å². The predicted molar refractivity (Wildman–Crippen MR) is 87.0 cm³/mol. The molecule has 1 heterocycles. The molecule has 2 rings (SSSR count). The van der Waals surface area contributed by atoms with Gasteiger partial charge in [0.15, 0.2) is 0 Å². The Morgan fingerprint density at radius 1 is 1.05 bits per heavy atom. The highest BCUT2D eigenvalue weighted by Crippen LogP contribution is 2.26. The lowest BCUT2D eigenvalue weighted by Gasteiger charge is -2.37. The number of nitrogens with two attached hydrogens (primary N) is 1. The number of hydrogen-bond donors (Lipinski definition) is 2. The van der Waals surface area contributed by atoms with Crippen molar-refractivity contribution in [1.82, 2.24) is 10.2 Å². The van der Waals surface area contributed by atoms with Crippen LogP contribution in [0.25, 0.3) is 0 Å². The summed E-state index contributed by atoms with van der Waals surface area (Å²) in [6.45, 7) is 7.87. The van der Waals surface area contributed by atoms with E-state index in [4.69, 9.17) is 5.73 Å². The van der Waals surface area contributed by atoms with Crippen molar-refractivity contribution >= 4 is 0 Å². The third-order valence-electron chi connectivity index (χ3n) is 5.46. The molecule has 1 saturated carbocycles. The van der Waals surface area contributed by atoms with Crippen LogP contribution in [0.5, 0.6) is 0 Å². The van der Waals surface area contributed by atoms with Crippen LogP contribution in [-0.4, -0.2) is 42.2 Å². The summed E-state index contributed by atoms with van der Waals surface area (Å²) in [6.07, 6.45) is 12.1. The molecule has 3 N–H and O–H groups in total. The Morgan fingerprint density at radius 2 is 1.75 bits per heavy atom. The van der Waals surface area contributed by atoms with E-state index in [0.717, 1.165) is 6.54 Å². The molecule has 0 spiro atoms. The molecule has 0 aromatic heterocycles. The molecule has 118 valence electrons. The summed E-state index contributed by atoms with van der Waals surface area (Å²) in [4.78, 5) is 2.62. The Hall–Kier alpha value is -0.120. The highest BCUT2D eigenvalue weighted by molar-refractivity contribution is 4.95. The van der Waals surface area contributed by atoms with Crippen LogP contribution in [0.4, 0.5) is 0 Å². The van der Waals surface area contributed by atoms with Gasteiger partial charge in [0.2, 0.25) is 0 Å². The van der Waals surface area contributed by atoms with E-state index in [1.54, 1.807) is 0 Å². The van der Waals surface area contributed by atoms with Crippen molar-refractivity contribution in [2.75, 3.05) is 19.6 Å². The molecule has 0 amide bonds. The van der Waals surface area contributed by atoms with Crippen LogP contribution < -0.4 is 11.1 Å². The molecule has 3 heteroatoms. The molecule has 1 aliphatic carbocycles. The van der Waals surface area contributed by atoms with E-state index in [0.29, 0.717) is 12.1 Å². The van der Waals surface area contributed by atoms with E-state index < -0.39 is 0 Å². The van der Waals surface area contributed by atoms with Gasteiger partial charge in [-0.1, -0.05) is 25.7 Å². The summed E-state index contributed by atoms with van der Waals surface area (Å²) in [5.41, 5.74) is 6.41. The van der Waals surface area contributed by atoms with E-state index in [1.165, 1.54) is 70.9 Å². The van der Waals surface area contributed by atoms with E-state index >= 15 is 0 Å². The van der Waals surface area contributed by atoms with Gasteiger partial charge in [0.25, 0.3) is 0 Å². The zero-order valence-electron chi connectivity index (χ0n) is 13.7. The molecule has 1 unspecified atom stereocenters. The monoisotopic (exact) mass is 281 g/mol. The van der Waals surface area contributed by atoms with Gasteiger partial charge >= 0.3 is 0 Å². The number of nitrogens with zero attached hydrogens (tertiary/aromatic N) is 1. The first-order valence-electron chi connectivity index (χ1n) is 8.87. The SMILES string of the molecule is CC(C)N1CCCC(CN)(NC2CCCCCC2)CC1. The van der Waals surface area contributed by atoms with E-state index in [9.17, 15) is 0 Å². The molecule has 0 radical (unpaired) electrons. The quantitative estimate of drug-likeness (QED) is 0.779. The molecule has 0 aromatic rings. The Bertz CT molecular complexity index is 271. The molecule has 1 aliphatic heterocycles. The normalized spacial score (nSPS) is 31.2. The largest absolute Gasteiger partial charge is 0.329 e. The molecule has 1 saturated heterocycles. The average molecular weight is 281 g/mol. The van der Waals surface area contributed by atoms with Crippen molar-refractivity contribution < 1.29 is 0 Å². The molecular formula is C17H35N3. The molecule has 1 atom stereocenters. The first kappa shape index (κ1) is 16.3. The highest BCUT2D eigenvalue weighted by atomic mass is 15.2. The Labute approximate surface area is 125 Å². The first-order valence-corrected chi connectivity index (χ1v) is 8.87. The summed E-state index contributed by atoms with van der Waals surface area (Å²) in [6, 6.07) is 1.38. The standard InChI is InChI=1S/C17H35N3/c1-15(2)20-12-7-10-17(14-18,11-13-20)19-16-8-5-3-4-6-9-16/h15-16,19H,3-14,18H2,1-2H3. The molecule has 3 nitrogen and oxygen atoms in total. The Kier molecular flexibility index (Phi) is 6.31. The van der Waals surface area contributed by atoms with Crippen LogP contribution in [0.15, 0.2) is 0 Å². The summed E-state index contributed by atoms with van der Waals surface area (Å²) in [5.74, 6) is 0. The maximum absolute atomic E-state index is 6.20. The van der Waals surface area contributed by atoms with E-state index in [2.05, 4.69) is 24.1 Å². The number of rotatable bonds is 4. The molecule has 0 bridgehead atoms. The second-order valence-electron chi connectivity index (χ2n) is 7.30. The van der Waals surface area contributed by atoms with Gasteiger partial charge in [-0.25, -0.2) is 0 Å². The smallest absolute Gasteiger partial charge is 0.0319 e. The Morgan fingerprint density at radius 3 is 2.35 bits per heavy atom. The van der Waals surface area contributed by atoms with Gasteiger partial charge in [-0.2, -0.15) is 0 Å². The van der Waals surface area contributed by atoms with Crippen LogP contribution >= 0.6 is 0 Å². The maximum Gasteiger partial charge on any atom is 0.0319 e. The van der Waals surface area contributed by atoms with E-state index in [1.807, 2.05) is 0 Å². The lowest BCUT2D eigenvalue weighted by atomic mass is 9.88. The van der Waals surface area contributed by atoms with Gasteiger partial charge in [-0.05, 0) is 52.5 Å². The minimum Gasteiger partial charge on any atom is -0.329 e. The van der Waals surface area contributed by atoms with Crippen molar-refractivity contribution in [3.05, 3.63) is 0 Å². The zero-order chi connectivity index (χ0) is 14.4. The molecule has 20 heavy (non-hydrogen) atoms. The van der Waals surface area contributed by atoms with Crippen LogP contribution in [0.2, 0.25) is 0 Å². The minimum absolute atomic E-state index is 0.207. The summed E-state index contributed by atoms with van der Waals surface area (Å²) in [5, 5.41) is 4.01. The number of likely N-dealkylation sites (tertiary alicyclic amines) is 1. The third kappa shape index (κ3) is 4.44. The third-order valence-corrected chi connectivity index (χ3v) is 5.46. The van der Waals surface area contributed by atoms with Crippen LogP contribution in [0, 0.1) is 0 Å². The van der Waals surface area contributed by atoms with Gasteiger partial charge in [0.1, 0.15) is 0 Å². The second-order valence-corrected chi connectivity index (χ2v) is 7.30. The average Bonchev–Trinajstić information content (AvgIpc) is 2.80. The fourth-order valence-electron chi connectivity index (χ4n) is 4.00. The Balaban J connectivity index is 1.94. The van der Waals surface area contributed by atoms with Crippen LogP contribution in [0.3, 0.4) is 0 Å². The van der Waals surface area contributed by atoms with Crippen LogP contribution in [-0.2, 0) is 0 Å². The second kappa shape index (κ2) is 7.77. The topological polar surface area (TPSA) is 41.3 Å². The van der Waals surface area contributed by atoms with Crippen molar-refractivity contribution in [2.45, 2.75) is 89.3 Å². The highest BCUT2D eigenvalue weighted by Gasteiger charge is 2.33. The molecular weight excluding hydrogens is 246 g/mol. The predicted octanol–water partition coefficient (Wildman–Crippen LogP) is 2.89. The van der Waals surface area contributed by atoms with Crippen LogP contribution in [0.1, 0.15) is 71.6 Å². The summed E-state index contributed by atoms with van der Waals surface area (Å²) in [7, 11) is 0. The fraction of sp³-hybridized carbons (Fsp3) is 1.00. The lowest BCUT2D eigenvalue weighted by molar-refractivity contribution is 0.209.